The first kappa shape index (κ1) is 14.2. The summed E-state index contributed by atoms with van der Waals surface area (Å²) >= 11 is 0. The van der Waals surface area contributed by atoms with Crippen LogP contribution in [0.1, 0.15) is 17.7 Å². The molecule has 0 atom stereocenters. The van der Waals surface area contributed by atoms with Gasteiger partial charge in [0.2, 0.25) is 0 Å². The van der Waals surface area contributed by atoms with Gasteiger partial charge in [0.05, 0.1) is 12.2 Å². The Kier molecular flexibility index (Phi) is 5.86. The largest absolute Gasteiger partial charge is 0.386 e. The summed E-state index contributed by atoms with van der Waals surface area (Å²) in [6.45, 7) is 0.813. The number of nitrogens with two attached hydrogens (primary N) is 1. The Balaban J connectivity index is 2.40. The lowest BCUT2D eigenvalue weighted by Gasteiger charge is -2.04. The third-order valence-electron chi connectivity index (χ3n) is 2.05. The summed E-state index contributed by atoms with van der Waals surface area (Å²) in [4.78, 5) is 11.4. The quantitative estimate of drug-likeness (QED) is 0.591. The molecule has 0 radical (unpaired) electrons. The summed E-state index contributed by atoms with van der Waals surface area (Å²) < 4.78 is 24.5. The average molecular weight is 255 g/mol. The van der Waals surface area contributed by atoms with Crippen molar-refractivity contribution in [2.24, 2.45) is 15.7 Å². The number of alkyl halides is 2. The zero-order valence-electron chi connectivity index (χ0n) is 9.98. The summed E-state index contributed by atoms with van der Waals surface area (Å²) in [5, 5.41) is 2.99. The SMILES string of the molecule is CN=CN=C(N)CNCc1ccc(C(F)F)cn1. The van der Waals surface area contributed by atoms with Crippen molar-refractivity contribution in [2.75, 3.05) is 13.6 Å². The van der Waals surface area contributed by atoms with Gasteiger partial charge in [-0.25, -0.2) is 13.8 Å². The third kappa shape index (κ3) is 4.96. The Morgan fingerprint density at radius 2 is 2.33 bits per heavy atom. The fraction of sp³-hybridized carbons (Fsp3) is 0.364. The fourth-order valence-corrected chi connectivity index (χ4v) is 1.17. The number of halogens is 2. The van der Waals surface area contributed by atoms with Gasteiger partial charge in [0.25, 0.3) is 6.43 Å². The maximum Gasteiger partial charge on any atom is 0.265 e. The van der Waals surface area contributed by atoms with E-state index in [1.54, 1.807) is 13.1 Å². The van der Waals surface area contributed by atoms with Gasteiger partial charge < -0.3 is 11.1 Å². The molecular formula is C11H15F2N5. The van der Waals surface area contributed by atoms with E-state index in [2.05, 4.69) is 20.3 Å². The first-order chi connectivity index (χ1) is 8.63. The van der Waals surface area contributed by atoms with E-state index in [-0.39, 0.29) is 5.56 Å². The monoisotopic (exact) mass is 255 g/mol. The van der Waals surface area contributed by atoms with Gasteiger partial charge in [-0.15, -0.1) is 0 Å². The smallest absolute Gasteiger partial charge is 0.265 e. The standard InChI is InChI=1S/C11H15F2N5/c1-15-7-18-10(14)6-16-5-9-3-2-8(4-17-9)11(12)13/h2-4,7,11,16H,5-6H2,1H3,(H2,14,15,18). The lowest BCUT2D eigenvalue weighted by molar-refractivity contribution is 0.151. The van der Waals surface area contributed by atoms with Crippen LogP contribution < -0.4 is 11.1 Å². The number of pyridine rings is 1. The van der Waals surface area contributed by atoms with Crippen LogP contribution in [0.4, 0.5) is 8.78 Å². The molecule has 0 spiro atoms. The Morgan fingerprint density at radius 1 is 1.56 bits per heavy atom. The van der Waals surface area contributed by atoms with Gasteiger partial charge in [0, 0.05) is 25.4 Å². The first-order valence-electron chi connectivity index (χ1n) is 5.30. The fourth-order valence-electron chi connectivity index (χ4n) is 1.17. The second kappa shape index (κ2) is 7.44. The van der Waals surface area contributed by atoms with Crippen LogP contribution in [-0.4, -0.2) is 30.8 Å². The van der Waals surface area contributed by atoms with Gasteiger partial charge in [-0.1, -0.05) is 0 Å². The van der Waals surface area contributed by atoms with Crippen molar-refractivity contribution >= 4 is 12.2 Å². The lowest BCUT2D eigenvalue weighted by Crippen LogP contribution is -2.29. The number of nitrogens with zero attached hydrogens (tertiary/aromatic N) is 3. The van der Waals surface area contributed by atoms with Crippen LogP contribution in [0.3, 0.4) is 0 Å². The molecule has 1 rings (SSSR count). The highest BCUT2D eigenvalue weighted by molar-refractivity contribution is 5.88. The van der Waals surface area contributed by atoms with Crippen molar-refractivity contribution in [1.29, 1.82) is 0 Å². The van der Waals surface area contributed by atoms with Gasteiger partial charge in [0.15, 0.2) is 0 Å². The molecule has 1 aromatic rings. The number of amidine groups is 1. The van der Waals surface area contributed by atoms with Crippen molar-refractivity contribution < 1.29 is 8.78 Å². The molecule has 0 aliphatic carbocycles. The maximum atomic E-state index is 12.3. The molecule has 0 aliphatic heterocycles. The highest BCUT2D eigenvalue weighted by Crippen LogP contribution is 2.16. The predicted molar refractivity (Wildman–Crippen MR) is 66.9 cm³/mol. The van der Waals surface area contributed by atoms with Crippen LogP contribution in [0, 0.1) is 0 Å². The summed E-state index contributed by atoms with van der Waals surface area (Å²) in [5.74, 6) is 0.393. The van der Waals surface area contributed by atoms with Gasteiger partial charge >= 0.3 is 0 Å². The topological polar surface area (TPSA) is 75.7 Å². The first-order valence-corrected chi connectivity index (χ1v) is 5.30. The number of rotatable bonds is 6. The van der Waals surface area contributed by atoms with Gasteiger partial charge in [-0.3, -0.25) is 9.98 Å². The highest BCUT2D eigenvalue weighted by Gasteiger charge is 2.06. The zero-order valence-corrected chi connectivity index (χ0v) is 9.98. The molecule has 1 aromatic heterocycles. The van der Waals surface area contributed by atoms with E-state index in [9.17, 15) is 8.78 Å². The summed E-state index contributed by atoms with van der Waals surface area (Å²) in [7, 11) is 1.60. The van der Waals surface area contributed by atoms with E-state index in [4.69, 9.17) is 5.73 Å². The molecule has 5 nitrogen and oxygen atoms in total. The molecule has 0 fully saturated rings. The van der Waals surface area contributed by atoms with E-state index in [1.165, 1.54) is 18.6 Å². The number of aromatic nitrogens is 1. The van der Waals surface area contributed by atoms with Crippen LogP contribution in [0.25, 0.3) is 0 Å². The van der Waals surface area contributed by atoms with Crippen LogP contribution >= 0.6 is 0 Å². The molecule has 0 saturated carbocycles. The van der Waals surface area contributed by atoms with Crippen LogP contribution in [-0.2, 0) is 6.54 Å². The normalized spacial score (nSPS) is 12.6. The third-order valence-corrected chi connectivity index (χ3v) is 2.05. The molecule has 0 aliphatic rings. The molecule has 18 heavy (non-hydrogen) atoms. The number of hydrogen-bond donors (Lipinski definition) is 2. The predicted octanol–water partition coefficient (Wildman–Crippen LogP) is 1.12. The molecule has 1 heterocycles. The van der Waals surface area contributed by atoms with Crippen molar-refractivity contribution in [3.8, 4) is 0 Å². The molecular weight excluding hydrogens is 240 g/mol. The molecule has 3 N–H and O–H groups in total. The summed E-state index contributed by atoms with van der Waals surface area (Å²) in [5.41, 5.74) is 6.14. The molecule has 98 valence electrons. The van der Waals surface area contributed by atoms with Crippen LogP contribution in [0.2, 0.25) is 0 Å². The maximum absolute atomic E-state index is 12.3. The molecule has 0 unspecified atom stereocenters. The second-order valence-electron chi connectivity index (χ2n) is 3.48. The molecule has 0 saturated heterocycles. The summed E-state index contributed by atoms with van der Waals surface area (Å²) in [6.07, 6.45) is 0.0332. The van der Waals surface area contributed by atoms with Crippen molar-refractivity contribution in [2.45, 2.75) is 13.0 Å². The Bertz CT molecular complexity index is 414. The van der Waals surface area contributed by atoms with E-state index >= 15 is 0 Å². The minimum atomic E-state index is -2.49. The van der Waals surface area contributed by atoms with E-state index in [0.717, 1.165) is 0 Å². The van der Waals surface area contributed by atoms with Crippen molar-refractivity contribution in [3.63, 3.8) is 0 Å². The second-order valence-corrected chi connectivity index (χ2v) is 3.48. The number of nitrogens with one attached hydrogen (secondary N) is 1. The molecule has 0 aromatic carbocycles. The van der Waals surface area contributed by atoms with E-state index < -0.39 is 6.43 Å². The molecule has 0 bridgehead atoms. The number of aliphatic imine (C=N–C) groups is 2. The minimum absolute atomic E-state index is 0.0843. The van der Waals surface area contributed by atoms with E-state index in [0.29, 0.717) is 24.6 Å². The van der Waals surface area contributed by atoms with Crippen molar-refractivity contribution in [1.82, 2.24) is 10.3 Å². The lowest BCUT2D eigenvalue weighted by atomic mass is 10.2. The van der Waals surface area contributed by atoms with Crippen molar-refractivity contribution in [3.05, 3.63) is 29.6 Å². The van der Waals surface area contributed by atoms with E-state index in [1.807, 2.05) is 0 Å². The van der Waals surface area contributed by atoms with Gasteiger partial charge in [0.1, 0.15) is 12.2 Å². The molecule has 0 amide bonds. The Labute approximate surface area is 104 Å². The van der Waals surface area contributed by atoms with Crippen LogP contribution in [0.5, 0.6) is 0 Å². The van der Waals surface area contributed by atoms with Gasteiger partial charge in [-0.2, -0.15) is 0 Å². The average Bonchev–Trinajstić information content (AvgIpc) is 2.37. The van der Waals surface area contributed by atoms with Gasteiger partial charge in [-0.05, 0) is 12.1 Å². The number of hydrogen-bond acceptors (Lipinski definition) is 3. The van der Waals surface area contributed by atoms with Crippen LogP contribution in [0.15, 0.2) is 28.3 Å². The minimum Gasteiger partial charge on any atom is -0.386 e. The Hall–Kier alpha value is -1.89. The Morgan fingerprint density at radius 3 is 2.89 bits per heavy atom. The zero-order chi connectivity index (χ0) is 13.4. The molecule has 7 heteroatoms. The summed E-state index contributed by atoms with van der Waals surface area (Å²) in [6, 6.07) is 2.91. The highest BCUT2D eigenvalue weighted by atomic mass is 19.3.